The number of halogens is 2. The molecule has 1 aliphatic heterocycles. The molecule has 3 rings (SSSR count). The highest BCUT2D eigenvalue weighted by Crippen LogP contribution is 2.30. The quantitative estimate of drug-likeness (QED) is 0.671. The summed E-state index contributed by atoms with van der Waals surface area (Å²) in [5, 5.41) is 18.0. The Morgan fingerprint density at radius 2 is 1.93 bits per heavy atom. The molecule has 30 heavy (non-hydrogen) atoms. The third-order valence-electron chi connectivity index (χ3n) is 4.53. The first-order chi connectivity index (χ1) is 14.2. The van der Waals surface area contributed by atoms with Gasteiger partial charge in [-0.05, 0) is 43.2 Å². The number of carboxylic acid groups (broad SMARTS) is 1. The SMILES string of the molecule is CC1=NN(c2ccc(C(=O)NC(CC(=O)O)Cc3ccccc3Cl)cc2Cl)C(=O)C1. The lowest BCUT2D eigenvalue weighted by Crippen LogP contribution is -2.38. The Balaban J connectivity index is 1.77. The molecule has 1 unspecified atom stereocenters. The van der Waals surface area contributed by atoms with Crippen LogP contribution in [-0.2, 0) is 16.0 Å². The van der Waals surface area contributed by atoms with Crippen LogP contribution in [0.4, 0.5) is 5.69 Å². The molecule has 9 heteroatoms. The Bertz CT molecular complexity index is 1040. The molecule has 0 bridgehead atoms. The molecule has 0 saturated heterocycles. The van der Waals surface area contributed by atoms with Crippen LogP contribution in [0.25, 0.3) is 0 Å². The molecule has 2 aromatic carbocycles. The van der Waals surface area contributed by atoms with Crippen molar-refractivity contribution in [3.05, 3.63) is 63.6 Å². The Kier molecular flexibility index (Phi) is 6.74. The molecule has 1 atom stereocenters. The van der Waals surface area contributed by atoms with Gasteiger partial charge in [0, 0.05) is 22.3 Å². The number of hydrogen-bond acceptors (Lipinski definition) is 4. The van der Waals surface area contributed by atoms with Gasteiger partial charge in [-0.15, -0.1) is 0 Å². The molecule has 156 valence electrons. The van der Waals surface area contributed by atoms with Crippen molar-refractivity contribution in [1.82, 2.24) is 5.32 Å². The van der Waals surface area contributed by atoms with Gasteiger partial charge in [-0.25, -0.2) is 0 Å². The fourth-order valence-electron chi connectivity index (χ4n) is 3.15. The number of anilines is 1. The minimum absolute atomic E-state index is 0.190. The van der Waals surface area contributed by atoms with E-state index in [-0.39, 0.29) is 35.8 Å². The first kappa shape index (κ1) is 21.8. The summed E-state index contributed by atoms with van der Waals surface area (Å²) in [5.74, 6) is -1.72. The number of carbonyl (C=O) groups is 3. The van der Waals surface area contributed by atoms with Gasteiger partial charge in [0.1, 0.15) is 0 Å². The molecule has 1 heterocycles. The highest BCUT2D eigenvalue weighted by molar-refractivity contribution is 6.34. The molecule has 0 fully saturated rings. The lowest BCUT2D eigenvalue weighted by atomic mass is 10.0. The molecule has 7 nitrogen and oxygen atoms in total. The maximum Gasteiger partial charge on any atom is 0.305 e. The average Bonchev–Trinajstić information content (AvgIpc) is 3.00. The van der Waals surface area contributed by atoms with Gasteiger partial charge in [-0.2, -0.15) is 10.1 Å². The first-order valence-corrected chi connectivity index (χ1v) is 9.93. The van der Waals surface area contributed by atoms with E-state index in [0.29, 0.717) is 16.4 Å². The number of rotatable bonds is 7. The second-order valence-corrected chi connectivity index (χ2v) is 7.76. The minimum Gasteiger partial charge on any atom is -0.481 e. The molecular weight excluding hydrogens is 429 g/mol. The molecule has 0 saturated carbocycles. The number of nitrogens with zero attached hydrogens (tertiary/aromatic N) is 2. The molecule has 0 aliphatic carbocycles. The zero-order valence-corrected chi connectivity index (χ0v) is 17.6. The standard InChI is InChI=1S/C21H19Cl2N3O4/c1-12-8-19(27)26(25-12)18-7-6-14(10-17(18)23)21(30)24-15(11-20(28)29)9-13-4-2-3-5-16(13)22/h2-7,10,15H,8-9,11H2,1H3,(H,24,30)(H,28,29). The van der Waals surface area contributed by atoms with E-state index in [2.05, 4.69) is 10.4 Å². The van der Waals surface area contributed by atoms with E-state index < -0.39 is 17.9 Å². The minimum atomic E-state index is -1.04. The van der Waals surface area contributed by atoms with Crippen LogP contribution in [0, 0.1) is 0 Å². The van der Waals surface area contributed by atoms with Gasteiger partial charge in [0.2, 0.25) is 0 Å². The van der Waals surface area contributed by atoms with Crippen LogP contribution in [0.2, 0.25) is 10.0 Å². The highest BCUT2D eigenvalue weighted by atomic mass is 35.5. The number of hydrazone groups is 1. The summed E-state index contributed by atoms with van der Waals surface area (Å²) in [7, 11) is 0. The van der Waals surface area contributed by atoms with Crippen molar-refractivity contribution in [3.8, 4) is 0 Å². The molecule has 0 spiro atoms. The summed E-state index contributed by atoms with van der Waals surface area (Å²) in [6, 6.07) is 10.9. The van der Waals surface area contributed by atoms with Gasteiger partial charge >= 0.3 is 5.97 Å². The van der Waals surface area contributed by atoms with Crippen molar-refractivity contribution in [1.29, 1.82) is 0 Å². The summed E-state index contributed by atoms with van der Waals surface area (Å²) >= 11 is 12.4. The third-order valence-corrected chi connectivity index (χ3v) is 5.20. The molecule has 0 aromatic heterocycles. The topological polar surface area (TPSA) is 99.1 Å². The fourth-order valence-corrected chi connectivity index (χ4v) is 3.62. The van der Waals surface area contributed by atoms with E-state index in [1.54, 1.807) is 31.2 Å². The number of amides is 2. The number of hydrogen-bond donors (Lipinski definition) is 2. The lowest BCUT2D eigenvalue weighted by Gasteiger charge is -2.19. The molecule has 1 aliphatic rings. The molecule has 2 amide bonds. The zero-order chi connectivity index (χ0) is 21.8. The number of nitrogens with one attached hydrogen (secondary N) is 1. The van der Waals surface area contributed by atoms with Gasteiger partial charge in [0.05, 0.1) is 23.6 Å². The monoisotopic (exact) mass is 447 g/mol. The van der Waals surface area contributed by atoms with Crippen LogP contribution in [0.3, 0.4) is 0 Å². The summed E-state index contributed by atoms with van der Waals surface area (Å²) in [4.78, 5) is 36.0. The number of aliphatic carboxylic acids is 1. The van der Waals surface area contributed by atoms with Gasteiger partial charge < -0.3 is 10.4 Å². The van der Waals surface area contributed by atoms with Crippen molar-refractivity contribution in [2.45, 2.75) is 32.2 Å². The van der Waals surface area contributed by atoms with Gasteiger partial charge in [0.15, 0.2) is 0 Å². The van der Waals surface area contributed by atoms with Crippen molar-refractivity contribution in [2.24, 2.45) is 5.10 Å². The molecule has 2 aromatic rings. The number of benzene rings is 2. The average molecular weight is 448 g/mol. The fraction of sp³-hybridized carbons (Fsp3) is 0.238. The third kappa shape index (κ3) is 5.17. The summed E-state index contributed by atoms with van der Waals surface area (Å²) in [6.45, 7) is 1.75. The maximum atomic E-state index is 12.7. The van der Waals surface area contributed by atoms with Crippen molar-refractivity contribution in [3.63, 3.8) is 0 Å². The zero-order valence-electron chi connectivity index (χ0n) is 16.1. The van der Waals surface area contributed by atoms with Crippen LogP contribution in [0.1, 0.15) is 35.7 Å². The van der Waals surface area contributed by atoms with Crippen LogP contribution < -0.4 is 10.3 Å². The second-order valence-electron chi connectivity index (χ2n) is 6.95. The van der Waals surface area contributed by atoms with E-state index in [1.165, 1.54) is 23.2 Å². The Labute approximate surface area is 183 Å². The van der Waals surface area contributed by atoms with Crippen molar-refractivity contribution < 1.29 is 19.5 Å². The van der Waals surface area contributed by atoms with Crippen LogP contribution in [0.5, 0.6) is 0 Å². The largest absolute Gasteiger partial charge is 0.481 e. The smallest absolute Gasteiger partial charge is 0.305 e. The van der Waals surface area contributed by atoms with E-state index in [1.807, 2.05) is 0 Å². The van der Waals surface area contributed by atoms with Crippen molar-refractivity contribution in [2.75, 3.05) is 5.01 Å². The van der Waals surface area contributed by atoms with Crippen molar-refractivity contribution >= 4 is 52.4 Å². The Morgan fingerprint density at radius 3 is 2.53 bits per heavy atom. The van der Waals surface area contributed by atoms with E-state index >= 15 is 0 Å². The Hall–Kier alpha value is -2.90. The maximum absolute atomic E-state index is 12.7. The highest BCUT2D eigenvalue weighted by Gasteiger charge is 2.25. The van der Waals surface area contributed by atoms with E-state index in [4.69, 9.17) is 23.2 Å². The first-order valence-electron chi connectivity index (χ1n) is 9.17. The predicted molar refractivity (Wildman–Crippen MR) is 115 cm³/mol. The van der Waals surface area contributed by atoms with Crippen LogP contribution in [-0.4, -0.2) is 34.6 Å². The summed E-state index contributed by atoms with van der Waals surface area (Å²) < 4.78 is 0. The van der Waals surface area contributed by atoms with Crippen LogP contribution >= 0.6 is 23.2 Å². The molecule has 2 N–H and O–H groups in total. The van der Waals surface area contributed by atoms with Gasteiger partial charge in [0.25, 0.3) is 11.8 Å². The van der Waals surface area contributed by atoms with E-state index in [0.717, 1.165) is 5.56 Å². The summed E-state index contributed by atoms with van der Waals surface area (Å²) in [5.41, 5.74) is 2.03. The van der Waals surface area contributed by atoms with E-state index in [9.17, 15) is 19.5 Å². The second kappa shape index (κ2) is 9.28. The Morgan fingerprint density at radius 1 is 1.20 bits per heavy atom. The number of carbonyl (C=O) groups excluding carboxylic acids is 2. The molecule has 0 radical (unpaired) electrons. The van der Waals surface area contributed by atoms with Gasteiger partial charge in [-0.1, -0.05) is 41.4 Å². The lowest BCUT2D eigenvalue weighted by molar-refractivity contribution is -0.137. The summed E-state index contributed by atoms with van der Waals surface area (Å²) in [6.07, 6.45) is 0.219. The predicted octanol–water partition coefficient (Wildman–Crippen LogP) is 3.92. The normalized spacial score (nSPS) is 14.4. The van der Waals surface area contributed by atoms with Crippen LogP contribution in [0.15, 0.2) is 47.6 Å². The number of carboxylic acids is 1. The van der Waals surface area contributed by atoms with Gasteiger partial charge in [-0.3, -0.25) is 14.4 Å². The molecular formula is C21H19Cl2N3O4.